The molecule has 3 N–H and O–H groups in total. The van der Waals surface area contributed by atoms with E-state index in [2.05, 4.69) is 15.5 Å². The second-order valence-electron chi connectivity index (χ2n) is 5.48. The fraction of sp³-hybridized carbons (Fsp3) is 0.167. The molecule has 8 heteroatoms. The Hall–Kier alpha value is -2.58. The molecular formula is C18H20N4O2S2. The van der Waals surface area contributed by atoms with Crippen molar-refractivity contribution < 1.29 is 8.63 Å². The molecule has 1 aromatic heterocycles. The van der Waals surface area contributed by atoms with Gasteiger partial charge in [0, 0.05) is 28.9 Å². The van der Waals surface area contributed by atoms with Crippen LogP contribution in [-0.2, 0) is 10.8 Å². The summed E-state index contributed by atoms with van der Waals surface area (Å²) in [6.45, 7) is 1.87. The molecule has 0 unspecified atom stereocenters. The van der Waals surface area contributed by atoms with Gasteiger partial charge in [-0.15, -0.1) is 0 Å². The molecule has 3 aromatic rings. The minimum absolute atomic E-state index is 0.141. The Morgan fingerprint density at radius 2 is 1.81 bits per heavy atom. The molecule has 0 saturated carbocycles. The standard InChI is InChI=1S/C16H14N4OS.C2H6OS/c1-10(19-20-16(17)22)11-6-8-12(9-7-11)15-18-13-4-2-3-5-14(13)21-15;1-4(2)3/h2-9H,1H3,(H3,17,20,22);1-2H3/b19-10+;. The Morgan fingerprint density at radius 3 is 2.38 bits per heavy atom. The van der Waals surface area contributed by atoms with E-state index in [0.29, 0.717) is 5.89 Å². The highest BCUT2D eigenvalue weighted by Gasteiger charge is 2.08. The molecular weight excluding hydrogens is 368 g/mol. The van der Waals surface area contributed by atoms with Gasteiger partial charge in [0.2, 0.25) is 5.89 Å². The van der Waals surface area contributed by atoms with Crippen LogP contribution in [0.4, 0.5) is 0 Å². The van der Waals surface area contributed by atoms with Crippen LogP contribution >= 0.6 is 12.2 Å². The van der Waals surface area contributed by atoms with Gasteiger partial charge < -0.3 is 10.2 Å². The molecule has 26 heavy (non-hydrogen) atoms. The number of nitrogens with two attached hydrogens (primary N) is 1. The summed E-state index contributed by atoms with van der Waals surface area (Å²) in [7, 11) is -0.611. The maximum Gasteiger partial charge on any atom is 0.227 e. The Bertz CT molecular complexity index is 912. The molecule has 6 nitrogen and oxygen atoms in total. The van der Waals surface area contributed by atoms with Crippen LogP contribution in [0.5, 0.6) is 0 Å². The van der Waals surface area contributed by atoms with E-state index in [0.717, 1.165) is 27.9 Å². The van der Waals surface area contributed by atoms with Gasteiger partial charge in [0.25, 0.3) is 0 Å². The first-order chi connectivity index (χ1) is 12.4. The van der Waals surface area contributed by atoms with Crippen LogP contribution in [-0.4, -0.2) is 32.5 Å². The van der Waals surface area contributed by atoms with Crippen molar-refractivity contribution in [3.63, 3.8) is 0 Å². The van der Waals surface area contributed by atoms with Gasteiger partial charge in [-0.25, -0.2) is 4.98 Å². The van der Waals surface area contributed by atoms with Crippen molar-refractivity contribution in [3.8, 4) is 11.5 Å². The summed E-state index contributed by atoms with van der Waals surface area (Å²) < 4.78 is 15.3. The van der Waals surface area contributed by atoms with Gasteiger partial charge in [-0.1, -0.05) is 24.3 Å². The zero-order valence-corrected chi connectivity index (χ0v) is 16.4. The predicted octanol–water partition coefficient (Wildman–Crippen LogP) is 3.05. The first kappa shape index (κ1) is 19.7. The lowest BCUT2D eigenvalue weighted by molar-refractivity contribution is 0.620. The van der Waals surface area contributed by atoms with Crippen LogP contribution < -0.4 is 11.2 Å². The third kappa shape index (κ3) is 5.75. The molecule has 1 heterocycles. The van der Waals surface area contributed by atoms with Crippen molar-refractivity contribution in [2.75, 3.05) is 12.5 Å². The SMILES string of the molecule is C/C(=N\NC(N)=S)c1ccc(-c2nc3ccccc3o2)cc1.CS(C)=O. The van der Waals surface area contributed by atoms with Crippen LogP contribution in [0, 0.1) is 0 Å². The Balaban J connectivity index is 0.000000552. The molecule has 0 amide bonds. The predicted molar refractivity (Wildman–Crippen MR) is 112 cm³/mol. The van der Waals surface area contributed by atoms with Gasteiger partial charge in [-0.05, 0) is 49.0 Å². The second-order valence-corrected chi connectivity index (χ2v) is 7.40. The maximum absolute atomic E-state index is 9.56. The van der Waals surface area contributed by atoms with E-state index in [1.54, 1.807) is 12.5 Å². The Morgan fingerprint density at radius 1 is 1.19 bits per heavy atom. The smallest absolute Gasteiger partial charge is 0.227 e. The molecule has 0 aliphatic rings. The highest BCUT2D eigenvalue weighted by Crippen LogP contribution is 2.24. The van der Waals surface area contributed by atoms with Gasteiger partial charge in [0.1, 0.15) is 5.52 Å². The number of aromatic nitrogens is 1. The molecule has 0 saturated heterocycles. The molecule has 0 atom stereocenters. The lowest BCUT2D eigenvalue weighted by Gasteiger charge is -2.02. The van der Waals surface area contributed by atoms with Crippen molar-refractivity contribution in [1.29, 1.82) is 0 Å². The zero-order valence-electron chi connectivity index (χ0n) is 14.7. The molecule has 0 bridgehead atoms. The number of nitrogens with one attached hydrogen (secondary N) is 1. The summed E-state index contributed by atoms with van der Waals surface area (Å²) in [5.74, 6) is 0.601. The molecule has 136 valence electrons. The van der Waals surface area contributed by atoms with E-state index in [4.69, 9.17) is 22.4 Å². The minimum atomic E-state index is -0.611. The van der Waals surface area contributed by atoms with Crippen LogP contribution in [0.15, 0.2) is 58.0 Å². The number of nitrogens with zero attached hydrogens (tertiary/aromatic N) is 2. The quantitative estimate of drug-likeness (QED) is 0.407. The van der Waals surface area contributed by atoms with Gasteiger partial charge >= 0.3 is 0 Å². The summed E-state index contributed by atoms with van der Waals surface area (Å²) in [6.07, 6.45) is 3.28. The van der Waals surface area contributed by atoms with E-state index in [1.165, 1.54) is 0 Å². The van der Waals surface area contributed by atoms with Crippen molar-refractivity contribution >= 4 is 44.9 Å². The molecule has 0 fully saturated rings. The van der Waals surface area contributed by atoms with E-state index >= 15 is 0 Å². The molecule has 3 rings (SSSR count). The number of oxazole rings is 1. The average molecular weight is 389 g/mol. The molecule has 0 aliphatic carbocycles. The topological polar surface area (TPSA) is 93.5 Å². The average Bonchev–Trinajstić information content (AvgIpc) is 3.03. The van der Waals surface area contributed by atoms with Crippen LogP contribution in [0.2, 0.25) is 0 Å². The summed E-state index contributed by atoms with van der Waals surface area (Å²) >= 11 is 4.72. The normalized spacial score (nSPS) is 11.2. The Labute approximate surface area is 160 Å². The number of benzene rings is 2. The van der Waals surface area contributed by atoms with Crippen LogP contribution in [0.1, 0.15) is 12.5 Å². The second kappa shape index (κ2) is 9.21. The number of rotatable bonds is 3. The summed E-state index contributed by atoms with van der Waals surface area (Å²) in [6, 6.07) is 15.5. The van der Waals surface area contributed by atoms with Crippen LogP contribution in [0.25, 0.3) is 22.6 Å². The monoisotopic (exact) mass is 388 g/mol. The zero-order chi connectivity index (χ0) is 19.1. The van der Waals surface area contributed by atoms with Gasteiger partial charge in [-0.3, -0.25) is 9.63 Å². The van der Waals surface area contributed by atoms with E-state index in [9.17, 15) is 4.21 Å². The summed E-state index contributed by atoms with van der Waals surface area (Å²) in [5, 5.41) is 4.23. The molecule has 0 radical (unpaired) electrons. The fourth-order valence-electron chi connectivity index (χ4n) is 2.05. The minimum Gasteiger partial charge on any atom is -0.436 e. The first-order valence-corrected chi connectivity index (χ1v) is 10.1. The number of thiocarbonyl (C=S) groups is 1. The molecule has 0 spiro atoms. The number of hydrazone groups is 1. The van der Waals surface area contributed by atoms with Gasteiger partial charge in [0.15, 0.2) is 10.7 Å². The third-order valence-electron chi connectivity index (χ3n) is 3.18. The largest absolute Gasteiger partial charge is 0.436 e. The summed E-state index contributed by atoms with van der Waals surface area (Å²) in [4.78, 5) is 4.47. The number of hydrogen-bond donors (Lipinski definition) is 2. The molecule has 2 aromatic carbocycles. The van der Waals surface area contributed by atoms with Gasteiger partial charge in [0.05, 0.1) is 5.71 Å². The van der Waals surface area contributed by atoms with Crippen molar-refractivity contribution in [1.82, 2.24) is 10.4 Å². The van der Waals surface area contributed by atoms with Crippen molar-refractivity contribution in [3.05, 3.63) is 54.1 Å². The van der Waals surface area contributed by atoms with Crippen LogP contribution in [0.3, 0.4) is 0 Å². The lowest BCUT2D eigenvalue weighted by atomic mass is 10.1. The number of para-hydroxylation sites is 2. The fourth-order valence-corrected chi connectivity index (χ4v) is 2.10. The number of hydrogen-bond acceptors (Lipinski definition) is 5. The molecule has 0 aliphatic heterocycles. The maximum atomic E-state index is 9.56. The highest BCUT2D eigenvalue weighted by atomic mass is 32.2. The highest BCUT2D eigenvalue weighted by molar-refractivity contribution is 7.83. The lowest BCUT2D eigenvalue weighted by Crippen LogP contribution is -2.25. The number of fused-ring (bicyclic) bond motifs is 1. The Kier molecular flexibility index (Phi) is 6.99. The van der Waals surface area contributed by atoms with E-state index in [1.807, 2.05) is 55.5 Å². The van der Waals surface area contributed by atoms with Gasteiger partial charge in [-0.2, -0.15) is 5.10 Å². The summed E-state index contributed by atoms with van der Waals surface area (Å²) in [5.41, 5.74) is 12.2. The van der Waals surface area contributed by atoms with E-state index in [-0.39, 0.29) is 5.11 Å². The van der Waals surface area contributed by atoms with Crippen molar-refractivity contribution in [2.24, 2.45) is 10.8 Å². The third-order valence-corrected chi connectivity index (χ3v) is 3.27. The van der Waals surface area contributed by atoms with E-state index < -0.39 is 10.8 Å². The van der Waals surface area contributed by atoms with Crippen molar-refractivity contribution in [2.45, 2.75) is 6.92 Å². The first-order valence-electron chi connectivity index (χ1n) is 7.68.